The number of likely N-dealkylation sites (tertiary alicyclic amines) is 1. The molecule has 1 rings (SSSR count). The number of nitrogens with one attached hydrogen (secondary N) is 1. The topological polar surface area (TPSA) is 61.8 Å². The minimum Gasteiger partial charge on any atom is -0.357 e. The lowest BCUT2D eigenvalue weighted by molar-refractivity contribution is 0.353. The second-order valence-electron chi connectivity index (χ2n) is 8.05. The molecule has 0 atom stereocenters. The molecule has 23 heavy (non-hydrogen) atoms. The molecular weight excluding hydrogens is 425 g/mol. The van der Waals surface area contributed by atoms with Gasteiger partial charge in [0.25, 0.3) is 0 Å². The average Bonchev–Trinajstić information content (AvgIpc) is 2.72. The Morgan fingerprint density at radius 2 is 1.96 bits per heavy atom. The molecule has 1 N–H and O–H groups in total. The van der Waals surface area contributed by atoms with Crippen molar-refractivity contribution in [3.8, 4) is 0 Å². The van der Waals surface area contributed by atoms with Crippen molar-refractivity contribution < 1.29 is 8.42 Å². The summed E-state index contributed by atoms with van der Waals surface area (Å²) in [6.07, 6.45) is 3.11. The van der Waals surface area contributed by atoms with Gasteiger partial charge in [0, 0.05) is 32.4 Å². The van der Waals surface area contributed by atoms with E-state index in [-0.39, 0.29) is 35.1 Å². The number of aliphatic imine (C=N–C) groups is 1. The normalized spacial score (nSPS) is 18.7. The molecule has 1 heterocycles. The maximum Gasteiger partial charge on any atom is 0.193 e. The molecule has 7 heteroatoms. The van der Waals surface area contributed by atoms with Gasteiger partial charge in [-0.15, -0.1) is 24.0 Å². The fourth-order valence-corrected chi connectivity index (χ4v) is 3.47. The third-order valence-corrected chi connectivity index (χ3v) is 5.06. The highest BCUT2D eigenvalue weighted by Gasteiger charge is 2.31. The van der Waals surface area contributed by atoms with E-state index < -0.39 is 9.84 Å². The van der Waals surface area contributed by atoms with Gasteiger partial charge >= 0.3 is 0 Å². The molecule has 0 aromatic carbocycles. The highest BCUT2D eigenvalue weighted by atomic mass is 127. The van der Waals surface area contributed by atoms with Gasteiger partial charge in [0.1, 0.15) is 9.84 Å². The average molecular weight is 459 g/mol. The highest BCUT2D eigenvalue weighted by Crippen LogP contribution is 2.29. The maximum absolute atomic E-state index is 11.3. The van der Waals surface area contributed by atoms with E-state index in [1.807, 2.05) is 0 Å². The molecular formula is C16H34IN3O2S. The predicted octanol–water partition coefficient (Wildman–Crippen LogP) is 2.76. The molecule has 1 saturated heterocycles. The molecule has 1 fully saturated rings. The molecule has 0 unspecified atom stereocenters. The molecule has 0 amide bonds. The van der Waals surface area contributed by atoms with Gasteiger partial charge in [0.15, 0.2) is 5.96 Å². The number of halogens is 1. The SMILES string of the molecule is CCNC(=NCC(C)(C)CCS(C)(=O)=O)N1CCC(C)(C)C1.I. The van der Waals surface area contributed by atoms with E-state index in [4.69, 9.17) is 4.99 Å². The van der Waals surface area contributed by atoms with E-state index in [9.17, 15) is 8.42 Å². The second-order valence-corrected chi connectivity index (χ2v) is 10.3. The second kappa shape index (κ2) is 8.87. The lowest BCUT2D eigenvalue weighted by Crippen LogP contribution is -2.41. The van der Waals surface area contributed by atoms with E-state index in [2.05, 4.69) is 44.8 Å². The van der Waals surface area contributed by atoms with Crippen molar-refractivity contribution in [2.45, 2.75) is 47.5 Å². The summed E-state index contributed by atoms with van der Waals surface area (Å²) in [7, 11) is -2.91. The van der Waals surface area contributed by atoms with Gasteiger partial charge in [0.05, 0.1) is 5.75 Å². The van der Waals surface area contributed by atoms with Gasteiger partial charge in [0.2, 0.25) is 0 Å². The molecule has 0 spiro atoms. The van der Waals surface area contributed by atoms with Crippen molar-refractivity contribution in [3.05, 3.63) is 0 Å². The first kappa shape index (κ1) is 22.9. The number of sulfone groups is 1. The van der Waals surface area contributed by atoms with Gasteiger partial charge < -0.3 is 10.2 Å². The van der Waals surface area contributed by atoms with Crippen LogP contribution in [0.25, 0.3) is 0 Å². The monoisotopic (exact) mass is 459 g/mol. The Hall–Kier alpha value is -0.0500. The van der Waals surface area contributed by atoms with Crippen molar-refractivity contribution >= 4 is 39.8 Å². The van der Waals surface area contributed by atoms with Crippen LogP contribution in [0.1, 0.15) is 47.5 Å². The molecule has 0 radical (unpaired) electrons. The highest BCUT2D eigenvalue weighted by molar-refractivity contribution is 14.0. The van der Waals surface area contributed by atoms with Crippen molar-refractivity contribution in [2.75, 3.05) is 38.2 Å². The number of hydrogen-bond donors (Lipinski definition) is 1. The summed E-state index contributed by atoms with van der Waals surface area (Å²) in [5.41, 5.74) is 0.223. The minimum absolute atomic E-state index is 0. The van der Waals surface area contributed by atoms with Crippen molar-refractivity contribution in [2.24, 2.45) is 15.8 Å². The van der Waals surface area contributed by atoms with Crippen LogP contribution in [0.4, 0.5) is 0 Å². The predicted molar refractivity (Wildman–Crippen MR) is 109 cm³/mol. The number of rotatable bonds is 6. The Morgan fingerprint density at radius 1 is 1.35 bits per heavy atom. The molecule has 0 aromatic heterocycles. The van der Waals surface area contributed by atoms with E-state index in [0.29, 0.717) is 18.4 Å². The lowest BCUT2D eigenvalue weighted by atomic mass is 9.90. The van der Waals surface area contributed by atoms with Crippen LogP contribution in [0.3, 0.4) is 0 Å². The summed E-state index contributed by atoms with van der Waals surface area (Å²) in [5, 5.41) is 3.36. The van der Waals surface area contributed by atoms with Gasteiger partial charge in [-0.05, 0) is 30.6 Å². The molecule has 5 nitrogen and oxygen atoms in total. The van der Waals surface area contributed by atoms with Gasteiger partial charge in [-0.1, -0.05) is 27.7 Å². The molecule has 0 aromatic rings. The van der Waals surface area contributed by atoms with Crippen LogP contribution in [0, 0.1) is 10.8 Å². The zero-order chi connectivity index (χ0) is 17.0. The maximum atomic E-state index is 11.3. The Labute approximate surface area is 159 Å². The third kappa shape index (κ3) is 9.12. The summed E-state index contributed by atoms with van der Waals surface area (Å²) in [4.78, 5) is 7.09. The van der Waals surface area contributed by atoms with Crippen LogP contribution in [0.5, 0.6) is 0 Å². The van der Waals surface area contributed by atoms with Gasteiger partial charge in [-0.25, -0.2) is 8.42 Å². The smallest absolute Gasteiger partial charge is 0.193 e. The van der Waals surface area contributed by atoms with E-state index in [0.717, 1.165) is 25.6 Å². The summed E-state index contributed by atoms with van der Waals surface area (Å²) >= 11 is 0. The van der Waals surface area contributed by atoms with E-state index in [1.165, 1.54) is 12.7 Å². The Kier molecular flexibility index (Phi) is 8.85. The molecule has 0 saturated carbocycles. The third-order valence-electron chi connectivity index (χ3n) is 4.12. The van der Waals surface area contributed by atoms with E-state index >= 15 is 0 Å². The minimum atomic E-state index is -2.91. The summed E-state index contributed by atoms with van der Waals surface area (Å²) in [6.45, 7) is 14.3. The number of nitrogens with zero attached hydrogens (tertiary/aromatic N) is 2. The first-order valence-electron chi connectivity index (χ1n) is 8.15. The molecule has 138 valence electrons. The number of hydrogen-bond acceptors (Lipinski definition) is 3. The molecule has 1 aliphatic rings. The quantitative estimate of drug-likeness (QED) is 0.377. The standard InChI is InChI=1S/C16H33N3O2S.HI/c1-7-17-14(19-10-8-16(4,5)13-19)18-12-15(2,3)9-11-22(6,20)21;/h7-13H2,1-6H3,(H,17,18);1H. The zero-order valence-corrected chi connectivity index (χ0v) is 18.6. The number of guanidine groups is 1. The Bertz CT molecular complexity index is 501. The van der Waals surface area contributed by atoms with Gasteiger partial charge in [-0.2, -0.15) is 0 Å². The lowest BCUT2D eigenvalue weighted by Gasteiger charge is -2.26. The first-order valence-corrected chi connectivity index (χ1v) is 10.2. The zero-order valence-electron chi connectivity index (χ0n) is 15.5. The van der Waals surface area contributed by atoms with Crippen LogP contribution in [-0.4, -0.2) is 57.5 Å². The van der Waals surface area contributed by atoms with Gasteiger partial charge in [-0.3, -0.25) is 4.99 Å². The Morgan fingerprint density at radius 3 is 2.39 bits per heavy atom. The van der Waals surface area contributed by atoms with Crippen LogP contribution in [0.15, 0.2) is 4.99 Å². The van der Waals surface area contributed by atoms with Crippen LogP contribution >= 0.6 is 24.0 Å². The van der Waals surface area contributed by atoms with Crippen LogP contribution < -0.4 is 5.32 Å². The fourth-order valence-electron chi connectivity index (χ4n) is 2.55. The van der Waals surface area contributed by atoms with Crippen LogP contribution in [-0.2, 0) is 9.84 Å². The van der Waals surface area contributed by atoms with E-state index in [1.54, 1.807) is 0 Å². The summed E-state index contributed by atoms with van der Waals surface area (Å²) in [6, 6.07) is 0. The van der Waals surface area contributed by atoms with Crippen molar-refractivity contribution in [3.63, 3.8) is 0 Å². The molecule has 0 aliphatic carbocycles. The summed E-state index contributed by atoms with van der Waals surface area (Å²) in [5.74, 6) is 1.18. The van der Waals surface area contributed by atoms with Crippen molar-refractivity contribution in [1.29, 1.82) is 0 Å². The largest absolute Gasteiger partial charge is 0.357 e. The van der Waals surface area contributed by atoms with Crippen LogP contribution in [0.2, 0.25) is 0 Å². The summed E-state index contributed by atoms with van der Waals surface area (Å²) < 4.78 is 22.7. The molecule has 1 aliphatic heterocycles. The fraction of sp³-hybridized carbons (Fsp3) is 0.938. The Balaban J connectivity index is 0.00000484. The molecule has 0 bridgehead atoms. The first-order chi connectivity index (χ1) is 9.94. The van der Waals surface area contributed by atoms with Crippen molar-refractivity contribution in [1.82, 2.24) is 10.2 Å².